The SMILES string of the molecule is [CH2]C(CO)c1cc(OC)ccc1OC(C)C. The van der Waals surface area contributed by atoms with E-state index >= 15 is 0 Å². The largest absolute Gasteiger partial charge is 0.497 e. The molecule has 1 aromatic carbocycles. The van der Waals surface area contributed by atoms with E-state index in [1.165, 1.54) is 0 Å². The summed E-state index contributed by atoms with van der Waals surface area (Å²) >= 11 is 0. The third-order valence-corrected chi connectivity index (χ3v) is 2.24. The fraction of sp³-hybridized carbons (Fsp3) is 0.462. The first-order chi connectivity index (χ1) is 7.58. The van der Waals surface area contributed by atoms with Crippen LogP contribution in [0.15, 0.2) is 18.2 Å². The van der Waals surface area contributed by atoms with Crippen molar-refractivity contribution in [1.82, 2.24) is 0 Å². The highest BCUT2D eigenvalue weighted by atomic mass is 16.5. The molecule has 1 atom stereocenters. The maximum atomic E-state index is 9.15. The molecule has 0 saturated heterocycles. The summed E-state index contributed by atoms with van der Waals surface area (Å²) in [6.45, 7) is 7.80. The van der Waals surface area contributed by atoms with Crippen LogP contribution in [0.5, 0.6) is 11.5 Å². The molecule has 16 heavy (non-hydrogen) atoms. The lowest BCUT2D eigenvalue weighted by atomic mass is 10.0. The molecule has 0 amide bonds. The van der Waals surface area contributed by atoms with Crippen LogP contribution in [0.25, 0.3) is 0 Å². The van der Waals surface area contributed by atoms with Gasteiger partial charge in [0.2, 0.25) is 0 Å². The lowest BCUT2D eigenvalue weighted by Gasteiger charge is -2.18. The lowest BCUT2D eigenvalue weighted by Crippen LogP contribution is -2.10. The highest BCUT2D eigenvalue weighted by Crippen LogP contribution is 2.30. The highest BCUT2D eigenvalue weighted by molar-refractivity contribution is 5.43. The number of aliphatic hydroxyl groups excluding tert-OH is 1. The second-order valence-corrected chi connectivity index (χ2v) is 3.95. The highest BCUT2D eigenvalue weighted by Gasteiger charge is 2.13. The van der Waals surface area contributed by atoms with Gasteiger partial charge in [-0.15, -0.1) is 0 Å². The third kappa shape index (κ3) is 3.14. The third-order valence-electron chi connectivity index (χ3n) is 2.24. The summed E-state index contributed by atoms with van der Waals surface area (Å²) in [5.74, 6) is 1.29. The maximum Gasteiger partial charge on any atom is 0.123 e. The number of hydrogen-bond donors (Lipinski definition) is 1. The second-order valence-electron chi connectivity index (χ2n) is 3.95. The van der Waals surface area contributed by atoms with Crippen LogP contribution < -0.4 is 9.47 Å². The minimum absolute atomic E-state index is 0.0123. The Morgan fingerprint density at radius 2 is 2.06 bits per heavy atom. The molecule has 0 aromatic heterocycles. The number of hydrogen-bond acceptors (Lipinski definition) is 3. The van der Waals surface area contributed by atoms with Gasteiger partial charge in [-0.1, -0.05) is 0 Å². The molecule has 0 bridgehead atoms. The van der Waals surface area contributed by atoms with Gasteiger partial charge < -0.3 is 14.6 Å². The molecule has 1 rings (SSSR count). The van der Waals surface area contributed by atoms with Crippen LogP contribution in [0.3, 0.4) is 0 Å². The Labute approximate surface area is 97.0 Å². The Hall–Kier alpha value is -1.22. The zero-order valence-corrected chi connectivity index (χ0v) is 10.1. The summed E-state index contributed by atoms with van der Waals surface area (Å²) < 4.78 is 10.8. The van der Waals surface area contributed by atoms with Crippen molar-refractivity contribution in [2.45, 2.75) is 25.9 Å². The smallest absolute Gasteiger partial charge is 0.123 e. The first kappa shape index (κ1) is 12.8. The number of methoxy groups -OCH3 is 1. The van der Waals surface area contributed by atoms with Crippen molar-refractivity contribution in [2.75, 3.05) is 13.7 Å². The average molecular weight is 223 g/mol. The summed E-state index contributed by atoms with van der Waals surface area (Å²) in [6, 6.07) is 5.54. The number of aliphatic hydroxyl groups is 1. The summed E-state index contributed by atoms with van der Waals surface area (Å²) in [5, 5.41) is 9.15. The average Bonchev–Trinajstić information content (AvgIpc) is 2.28. The van der Waals surface area contributed by atoms with E-state index in [9.17, 15) is 0 Å². The normalized spacial score (nSPS) is 12.6. The van der Waals surface area contributed by atoms with E-state index in [1.54, 1.807) is 7.11 Å². The fourth-order valence-corrected chi connectivity index (χ4v) is 1.43. The van der Waals surface area contributed by atoms with Gasteiger partial charge >= 0.3 is 0 Å². The van der Waals surface area contributed by atoms with E-state index in [0.29, 0.717) is 0 Å². The number of rotatable bonds is 5. The summed E-state index contributed by atoms with van der Waals surface area (Å²) in [5.41, 5.74) is 0.871. The molecule has 1 N–H and O–H groups in total. The van der Waals surface area contributed by atoms with Crippen LogP contribution in [0, 0.1) is 6.92 Å². The van der Waals surface area contributed by atoms with Crippen molar-refractivity contribution in [3.05, 3.63) is 30.7 Å². The van der Waals surface area contributed by atoms with Crippen molar-refractivity contribution in [2.24, 2.45) is 0 Å². The van der Waals surface area contributed by atoms with Crippen LogP contribution in [0.1, 0.15) is 25.3 Å². The molecule has 89 valence electrons. The van der Waals surface area contributed by atoms with Gasteiger partial charge in [-0.05, 0) is 39.0 Å². The minimum atomic E-state index is -0.205. The van der Waals surface area contributed by atoms with E-state index in [-0.39, 0.29) is 18.6 Å². The Morgan fingerprint density at radius 3 is 2.56 bits per heavy atom. The number of benzene rings is 1. The molecule has 0 fully saturated rings. The molecule has 0 aliphatic carbocycles. The van der Waals surface area contributed by atoms with Gasteiger partial charge in [-0.3, -0.25) is 0 Å². The predicted molar refractivity (Wildman–Crippen MR) is 63.9 cm³/mol. The van der Waals surface area contributed by atoms with Crippen molar-refractivity contribution in [1.29, 1.82) is 0 Å². The molecule has 0 aliphatic heterocycles. The standard InChI is InChI=1S/C13H19O3/c1-9(2)16-13-6-5-11(15-4)7-12(13)10(3)8-14/h5-7,9-10,14H,3,8H2,1-2,4H3. The van der Waals surface area contributed by atoms with E-state index in [4.69, 9.17) is 14.6 Å². The first-order valence-electron chi connectivity index (χ1n) is 5.37. The fourth-order valence-electron chi connectivity index (χ4n) is 1.43. The maximum absolute atomic E-state index is 9.15. The Kier molecular flexibility index (Phi) is 4.62. The molecule has 1 unspecified atom stereocenters. The van der Waals surface area contributed by atoms with Crippen molar-refractivity contribution in [3.8, 4) is 11.5 Å². The van der Waals surface area contributed by atoms with Crippen molar-refractivity contribution < 1.29 is 14.6 Å². The van der Waals surface area contributed by atoms with Gasteiger partial charge in [-0.25, -0.2) is 0 Å². The van der Waals surface area contributed by atoms with Crippen LogP contribution >= 0.6 is 0 Å². The van der Waals surface area contributed by atoms with Gasteiger partial charge in [0.05, 0.1) is 19.8 Å². The van der Waals surface area contributed by atoms with E-state index in [1.807, 2.05) is 32.0 Å². The zero-order valence-electron chi connectivity index (χ0n) is 10.1. The Bertz CT molecular complexity index is 334. The molecule has 1 radical (unpaired) electrons. The molecule has 0 aliphatic rings. The van der Waals surface area contributed by atoms with Crippen molar-refractivity contribution >= 4 is 0 Å². The van der Waals surface area contributed by atoms with Crippen LogP contribution in [-0.4, -0.2) is 24.9 Å². The molecular weight excluding hydrogens is 204 g/mol. The number of ether oxygens (including phenoxy) is 2. The van der Waals surface area contributed by atoms with E-state index in [0.717, 1.165) is 17.1 Å². The van der Waals surface area contributed by atoms with Crippen molar-refractivity contribution in [3.63, 3.8) is 0 Å². The molecule has 3 nitrogen and oxygen atoms in total. The minimum Gasteiger partial charge on any atom is -0.497 e. The summed E-state index contributed by atoms with van der Waals surface area (Å²) in [4.78, 5) is 0. The van der Waals surface area contributed by atoms with Crippen LogP contribution in [0.4, 0.5) is 0 Å². The van der Waals surface area contributed by atoms with E-state index < -0.39 is 0 Å². The predicted octanol–water partition coefficient (Wildman–Crippen LogP) is 2.39. The monoisotopic (exact) mass is 223 g/mol. The quantitative estimate of drug-likeness (QED) is 0.833. The van der Waals surface area contributed by atoms with Gasteiger partial charge in [-0.2, -0.15) is 0 Å². The molecule has 0 saturated carbocycles. The molecule has 3 heteroatoms. The van der Waals surface area contributed by atoms with Crippen LogP contribution in [-0.2, 0) is 0 Å². The van der Waals surface area contributed by atoms with Gasteiger partial charge in [0.1, 0.15) is 11.5 Å². The Morgan fingerprint density at radius 1 is 1.38 bits per heavy atom. The van der Waals surface area contributed by atoms with Crippen LogP contribution in [0.2, 0.25) is 0 Å². The summed E-state index contributed by atoms with van der Waals surface area (Å²) in [6.07, 6.45) is 0.0954. The van der Waals surface area contributed by atoms with E-state index in [2.05, 4.69) is 6.92 Å². The zero-order chi connectivity index (χ0) is 12.1. The lowest BCUT2D eigenvalue weighted by molar-refractivity contribution is 0.233. The topological polar surface area (TPSA) is 38.7 Å². The van der Waals surface area contributed by atoms with Gasteiger partial charge in [0.15, 0.2) is 0 Å². The second kappa shape index (κ2) is 5.75. The summed E-state index contributed by atoms with van der Waals surface area (Å²) in [7, 11) is 1.61. The Balaban J connectivity index is 3.05. The molecule has 0 spiro atoms. The first-order valence-corrected chi connectivity index (χ1v) is 5.37. The molecule has 0 heterocycles. The van der Waals surface area contributed by atoms with Gasteiger partial charge in [0, 0.05) is 11.5 Å². The molecular formula is C13H19O3. The van der Waals surface area contributed by atoms with Gasteiger partial charge in [0.25, 0.3) is 0 Å². The molecule has 1 aromatic rings.